The van der Waals surface area contributed by atoms with Gasteiger partial charge in [-0.25, -0.2) is 13.6 Å². The van der Waals surface area contributed by atoms with Gasteiger partial charge >= 0.3 is 5.97 Å². The summed E-state index contributed by atoms with van der Waals surface area (Å²) >= 11 is 0. The number of hydrogen-bond donors (Lipinski definition) is 1. The summed E-state index contributed by atoms with van der Waals surface area (Å²) in [5, 5.41) is 5.24. The predicted octanol–water partition coefficient (Wildman–Crippen LogP) is 3.44. The van der Waals surface area contributed by atoms with Crippen molar-refractivity contribution in [2.75, 3.05) is 6.61 Å². The van der Waals surface area contributed by atoms with Crippen LogP contribution in [0, 0.1) is 5.92 Å². The molecule has 2 heterocycles. The van der Waals surface area contributed by atoms with Crippen molar-refractivity contribution in [3.8, 4) is 0 Å². The van der Waals surface area contributed by atoms with Gasteiger partial charge in [0.1, 0.15) is 18.3 Å². The van der Waals surface area contributed by atoms with Crippen molar-refractivity contribution in [3.05, 3.63) is 109 Å². The highest BCUT2D eigenvalue weighted by atomic mass is 32.2. The number of benzene rings is 2. The van der Waals surface area contributed by atoms with E-state index in [1.807, 2.05) is 30.3 Å². The van der Waals surface area contributed by atoms with Crippen LogP contribution < -0.4 is 5.14 Å². The second-order valence-corrected chi connectivity index (χ2v) is 9.53. The van der Waals surface area contributed by atoms with Gasteiger partial charge in [0.2, 0.25) is 15.9 Å². The Hall–Kier alpha value is -3.95. The van der Waals surface area contributed by atoms with Gasteiger partial charge in [-0.2, -0.15) is 0 Å². The second-order valence-electron chi connectivity index (χ2n) is 7.97. The minimum Gasteiger partial charge on any atom is -0.469 e. The number of rotatable bonds is 8. The van der Waals surface area contributed by atoms with Crippen molar-refractivity contribution in [1.82, 2.24) is 4.90 Å². The van der Waals surface area contributed by atoms with Crippen LogP contribution in [0.2, 0.25) is 0 Å². The first kappa shape index (κ1) is 24.2. The summed E-state index contributed by atoms with van der Waals surface area (Å²) in [6.07, 6.45) is 4.68. The molecule has 1 aromatic heterocycles. The molecule has 9 heteroatoms. The van der Waals surface area contributed by atoms with Crippen LogP contribution in [0.15, 0.2) is 101 Å². The fourth-order valence-electron chi connectivity index (χ4n) is 4.00. The quantitative estimate of drug-likeness (QED) is 0.292. The first-order chi connectivity index (χ1) is 16.8. The lowest BCUT2D eigenvalue weighted by Gasteiger charge is -2.36. The molecule has 1 aliphatic rings. The van der Waals surface area contributed by atoms with Crippen molar-refractivity contribution in [1.29, 1.82) is 0 Å². The molecule has 35 heavy (non-hydrogen) atoms. The number of primary sulfonamides is 1. The van der Waals surface area contributed by atoms with Gasteiger partial charge in [-0.05, 0) is 41.5 Å². The van der Waals surface area contributed by atoms with Crippen LogP contribution in [0.5, 0.6) is 0 Å². The summed E-state index contributed by atoms with van der Waals surface area (Å²) in [6.45, 7) is 3.72. The molecule has 0 spiro atoms. The molecule has 3 aromatic rings. The van der Waals surface area contributed by atoms with Gasteiger partial charge in [0.15, 0.2) is 0 Å². The van der Waals surface area contributed by atoms with Crippen LogP contribution in [0.25, 0.3) is 5.70 Å². The molecular formula is C26H24N2O6S. The molecule has 2 unspecified atom stereocenters. The highest BCUT2D eigenvalue weighted by Crippen LogP contribution is 2.40. The largest absolute Gasteiger partial charge is 0.469 e. The molecule has 0 radical (unpaired) electrons. The Morgan fingerprint density at radius 2 is 1.80 bits per heavy atom. The number of nitrogens with zero attached hydrogens (tertiary/aromatic N) is 1. The SMILES string of the molecule is C=CCOC(=O)C1C(=O)N(Cc2ccccc2)C(c2ccc(S(N)(=O)=O)cc2)=CC1c1ccco1. The summed E-state index contributed by atoms with van der Waals surface area (Å²) in [7, 11) is -3.88. The van der Waals surface area contributed by atoms with Gasteiger partial charge < -0.3 is 14.1 Å². The number of furan rings is 1. The van der Waals surface area contributed by atoms with E-state index in [-0.39, 0.29) is 18.0 Å². The number of carbonyl (C=O) groups is 2. The monoisotopic (exact) mass is 492 g/mol. The Labute approximate surface area is 203 Å². The standard InChI is InChI=1S/C26H24N2O6S/c1-2-14-34-26(30)24-21(23-9-6-15-33-23)16-22(19-10-12-20(13-11-19)35(27,31)32)28(25(24)29)17-18-7-4-3-5-8-18/h2-13,15-16,21,24H,1,14,17H2,(H2,27,31,32). The molecule has 2 atom stereocenters. The Morgan fingerprint density at radius 1 is 1.09 bits per heavy atom. The number of nitrogens with two attached hydrogens (primary N) is 1. The molecule has 1 amide bonds. The Morgan fingerprint density at radius 3 is 2.40 bits per heavy atom. The van der Waals surface area contributed by atoms with E-state index in [4.69, 9.17) is 14.3 Å². The van der Waals surface area contributed by atoms with Crippen molar-refractivity contribution < 1.29 is 27.2 Å². The minimum atomic E-state index is -3.88. The fourth-order valence-corrected chi connectivity index (χ4v) is 4.51. The van der Waals surface area contributed by atoms with E-state index in [1.165, 1.54) is 29.4 Å². The Bertz CT molecular complexity index is 1350. The second kappa shape index (κ2) is 10.1. The zero-order valence-electron chi connectivity index (χ0n) is 18.7. The third-order valence-electron chi connectivity index (χ3n) is 5.65. The maximum absolute atomic E-state index is 13.9. The maximum atomic E-state index is 13.9. The average molecular weight is 493 g/mol. The molecule has 0 saturated heterocycles. The van der Waals surface area contributed by atoms with Gasteiger partial charge in [0.25, 0.3) is 0 Å². The third kappa shape index (κ3) is 5.26. The molecular weight excluding hydrogens is 468 g/mol. The van der Waals surface area contributed by atoms with Crippen molar-refractivity contribution in [2.24, 2.45) is 11.1 Å². The third-order valence-corrected chi connectivity index (χ3v) is 6.58. The molecule has 0 bridgehead atoms. The highest BCUT2D eigenvalue weighted by Gasteiger charge is 2.45. The van der Waals surface area contributed by atoms with E-state index >= 15 is 0 Å². The number of ether oxygens (including phenoxy) is 1. The van der Waals surface area contributed by atoms with Gasteiger partial charge in [-0.15, -0.1) is 0 Å². The van der Waals surface area contributed by atoms with E-state index in [9.17, 15) is 18.0 Å². The Kier molecular flexibility index (Phi) is 6.99. The number of hydrogen-bond acceptors (Lipinski definition) is 6. The zero-order valence-corrected chi connectivity index (χ0v) is 19.6. The smallest absolute Gasteiger partial charge is 0.319 e. The van der Waals surface area contributed by atoms with Crippen LogP contribution in [0.1, 0.15) is 22.8 Å². The molecule has 8 nitrogen and oxygen atoms in total. The van der Waals surface area contributed by atoms with Crippen molar-refractivity contribution >= 4 is 27.6 Å². The normalized spacial score (nSPS) is 18.1. The first-order valence-corrected chi connectivity index (χ1v) is 12.4. The van der Waals surface area contributed by atoms with Crippen molar-refractivity contribution in [3.63, 3.8) is 0 Å². The fraction of sp³-hybridized carbons (Fsp3) is 0.154. The topological polar surface area (TPSA) is 120 Å². The summed E-state index contributed by atoms with van der Waals surface area (Å²) < 4.78 is 34.3. The number of carbonyl (C=O) groups excluding carboxylic acids is 2. The molecule has 1 aliphatic heterocycles. The zero-order chi connectivity index (χ0) is 25.0. The van der Waals surface area contributed by atoms with Crippen LogP contribution >= 0.6 is 0 Å². The highest BCUT2D eigenvalue weighted by molar-refractivity contribution is 7.89. The lowest BCUT2D eigenvalue weighted by molar-refractivity contribution is -0.155. The number of allylic oxidation sites excluding steroid dienone is 1. The molecule has 4 rings (SSSR count). The van der Waals surface area contributed by atoms with Gasteiger partial charge in [-0.3, -0.25) is 9.59 Å². The van der Waals surface area contributed by atoms with Gasteiger partial charge in [0.05, 0.1) is 23.6 Å². The number of sulfonamides is 1. The number of esters is 1. The summed E-state index contributed by atoms with van der Waals surface area (Å²) in [5.41, 5.74) is 1.94. The predicted molar refractivity (Wildman–Crippen MR) is 129 cm³/mol. The van der Waals surface area contributed by atoms with E-state index in [0.29, 0.717) is 17.0 Å². The van der Waals surface area contributed by atoms with Gasteiger partial charge in [0, 0.05) is 5.70 Å². The molecule has 0 saturated carbocycles. The Balaban J connectivity index is 1.84. The first-order valence-electron chi connectivity index (χ1n) is 10.8. The van der Waals surface area contributed by atoms with Crippen LogP contribution in [0.3, 0.4) is 0 Å². The van der Waals surface area contributed by atoms with Crippen LogP contribution in [-0.4, -0.2) is 31.8 Å². The lowest BCUT2D eigenvalue weighted by Crippen LogP contribution is -2.44. The van der Waals surface area contributed by atoms with E-state index in [1.54, 1.807) is 30.3 Å². The van der Waals surface area contributed by atoms with Gasteiger partial charge in [-0.1, -0.05) is 55.1 Å². The summed E-state index contributed by atoms with van der Waals surface area (Å²) in [5.74, 6) is -2.62. The average Bonchev–Trinajstić information content (AvgIpc) is 3.38. The van der Waals surface area contributed by atoms with E-state index in [0.717, 1.165) is 5.56 Å². The minimum absolute atomic E-state index is 0.0300. The molecule has 180 valence electrons. The van der Waals surface area contributed by atoms with Crippen LogP contribution in [0.4, 0.5) is 0 Å². The number of amides is 1. The van der Waals surface area contributed by atoms with Crippen LogP contribution in [-0.2, 0) is 30.9 Å². The summed E-state index contributed by atoms with van der Waals surface area (Å²) in [4.78, 5) is 28.3. The molecule has 0 aliphatic carbocycles. The van der Waals surface area contributed by atoms with E-state index < -0.39 is 33.7 Å². The molecule has 2 N–H and O–H groups in total. The maximum Gasteiger partial charge on any atom is 0.319 e. The molecule has 2 aromatic carbocycles. The lowest BCUT2D eigenvalue weighted by atomic mass is 9.83. The van der Waals surface area contributed by atoms with E-state index in [2.05, 4.69) is 6.58 Å². The molecule has 0 fully saturated rings. The summed E-state index contributed by atoms with van der Waals surface area (Å²) in [6, 6.07) is 18.6. The van der Waals surface area contributed by atoms with Crippen molar-refractivity contribution in [2.45, 2.75) is 17.4 Å².